The second-order valence-electron chi connectivity index (χ2n) is 8.04. The van der Waals surface area contributed by atoms with Crippen molar-refractivity contribution in [3.8, 4) is 0 Å². The molecule has 0 amide bonds. The van der Waals surface area contributed by atoms with Crippen LogP contribution in [-0.2, 0) is 10.9 Å². The third-order valence-corrected chi connectivity index (χ3v) is 6.14. The van der Waals surface area contributed by atoms with Gasteiger partial charge in [0.05, 0.1) is 21.9 Å². The van der Waals surface area contributed by atoms with Crippen molar-refractivity contribution in [3.63, 3.8) is 0 Å². The Labute approximate surface area is 200 Å². The highest BCUT2D eigenvalue weighted by atomic mass is 79.9. The third kappa shape index (κ3) is 4.92. The first-order chi connectivity index (χ1) is 16.0. The molecule has 1 aliphatic heterocycles. The summed E-state index contributed by atoms with van der Waals surface area (Å²) in [6.07, 6.45) is -2.96. The number of anilines is 1. The van der Waals surface area contributed by atoms with Crippen LogP contribution in [0.1, 0.15) is 49.6 Å². The zero-order chi connectivity index (χ0) is 24.6. The molecule has 34 heavy (non-hydrogen) atoms. The molecule has 2 unspecified atom stereocenters. The zero-order valence-corrected chi connectivity index (χ0v) is 19.5. The fourth-order valence-electron chi connectivity index (χ4n) is 3.89. The molecule has 3 aromatic rings. The standard InChI is InChI=1S/C22H20BrF3N4O4/c1-12(13-8-14(22(24,25)26)10-16(9-13)30(32)33)27-20-18-11-15(23)5-6-17(18)21(31)29(28-20)19-4-2-3-7-34-19/h5-6,8-12,19H,2-4,7H2,1H3,(H,27,28). The van der Waals surface area contributed by atoms with Gasteiger partial charge in [-0.25, -0.2) is 0 Å². The molecule has 4 rings (SSSR count). The van der Waals surface area contributed by atoms with E-state index in [0.717, 1.165) is 25.0 Å². The summed E-state index contributed by atoms with van der Waals surface area (Å²) in [7, 11) is 0. The minimum atomic E-state index is -4.75. The quantitative estimate of drug-likeness (QED) is 0.316. The van der Waals surface area contributed by atoms with Gasteiger partial charge >= 0.3 is 6.18 Å². The molecule has 0 saturated carbocycles. The number of benzene rings is 2. The smallest absolute Gasteiger partial charge is 0.362 e. The Kier molecular flexibility index (Phi) is 6.63. The fraction of sp³-hybridized carbons (Fsp3) is 0.364. The Morgan fingerprint density at radius 1 is 1.24 bits per heavy atom. The Balaban J connectivity index is 1.80. The molecule has 2 atom stereocenters. The second kappa shape index (κ2) is 9.34. The molecule has 1 N–H and O–H groups in total. The SMILES string of the molecule is CC(Nc1nn(C2CCCCO2)c(=O)c2ccc(Br)cc12)c1cc([N+](=O)[O-])cc(C(F)(F)F)c1. The molecule has 0 bridgehead atoms. The number of nitrogens with one attached hydrogen (secondary N) is 1. The van der Waals surface area contributed by atoms with Crippen LogP contribution in [0.2, 0.25) is 0 Å². The van der Waals surface area contributed by atoms with E-state index in [1.54, 1.807) is 25.1 Å². The number of ether oxygens (including phenoxy) is 1. The van der Waals surface area contributed by atoms with Gasteiger partial charge in [-0.1, -0.05) is 15.9 Å². The molecule has 12 heteroatoms. The van der Waals surface area contributed by atoms with Crippen LogP contribution in [0.4, 0.5) is 24.7 Å². The van der Waals surface area contributed by atoms with Crippen molar-refractivity contribution in [2.75, 3.05) is 11.9 Å². The number of aromatic nitrogens is 2. The lowest BCUT2D eigenvalue weighted by Gasteiger charge is -2.25. The lowest BCUT2D eigenvalue weighted by atomic mass is 10.0. The summed E-state index contributed by atoms with van der Waals surface area (Å²) in [6.45, 7) is 2.06. The largest absolute Gasteiger partial charge is 0.416 e. The molecule has 180 valence electrons. The molecule has 1 aliphatic rings. The highest BCUT2D eigenvalue weighted by Gasteiger charge is 2.33. The van der Waals surface area contributed by atoms with Crippen molar-refractivity contribution in [1.82, 2.24) is 9.78 Å². The first-order valence-corrected chi connectivity index (χ1v) is 11.3. The highest BCUT2D eigenvalue weighted by molar-refractivity contribution is 9.10. The molecule has 2 aromatic carbocycles. The van der Waals surface area contributed by atoms with E-state index in [1.165, 1.54) is 4.68 Å². The molecule has 8 nitrogen and oxygen atoms in total. The average Bonchev–Trinajstić information content (AvgIpc) is 2.80. The van der Waals surface area contributed by atoms with Gasteiger partial charge in [-0.05, 0) is 56.0 Å². The predicted molar refractivity (Wildman–Crippen MR) is 123 cm³/mol. The maximum absolute atomic E-state index is 13.3. The number of non-ortho nitro benzene ring substituents is 1. The van der Waals surface area contributed by atoms with Crippen LogP contribution >= 0.6 is 15.9 Å². The number of rotatable bonds is 5. The van der Waals surface area contributed by atoms with Crippen molar-refractivity contribution in [2.24, 2.45) is 0 Å². The van der Waals surface area contributed by atoms with E-state index in [-0.39, 0.29) is 16.9 Å². The summed E-state index contributed by atoms with van der Waals surface area (Å²) >= 11 is 3.37. The zero-order valence-electron chi connectivity index (χ0n) is 17.9. The molecule has 1 aromatic heterocycles. The van der Waals surface area contributed by atoms with E-state index in [2.05, 4.69) is 26.3 Å². The van der Waals surface area contributed by atoms with Gasteiger partial charge in [-0.2, -0.15) is 17.9 Å². The van der Waals surface area contributed by atoms with E-state index < -0.39 is 34.6 Å². The monoisotopic (exact) mass is 540 g/mol. The van der Waals surface area contributed by atoms with Crippen molar-refractivity contribution < 1.29 is 22.8 Å². The first-order valence-electron chi connectivity index (χ1n) is 10.5. The summed E-state index contributed by atoms with van der Waals surface area (Å²) < 4.78 is 47.7. The summed E-state index contributed by atoms with van der Waals surface area (Å²) in [6, 6.07) is 6.68. The number of nitrogens with zero attached hydrogens (tertiary/aromatic N) is 3. The lowest BCUT2D eigenvalue weighted by Crippen LogP contribution is -2.32. The molecule has 0 radical (unpaired) electrons. The van der Waals surface area contributed by atoms with Gasteiger partial charge in [0, 0.05) is 28.6 Å². The maximum atomic E-state index is 13.3. The van der Waals surface area contributed by atoms with Gasteiger partial charge in [0.2, 0.25) is 0 Å². The van der Waals surface area contributed by atoms with Gasteiger partial charge in [-0.3, -0.25) is 14.9 Å². The summed E-state index contributed by atoms with van der Waals surface area (Å²) in [5.74, 6) is 0.248. The summed E-state index contributed by atoms with van der Waals surface area (Å²) in [4.78, 5) is 23.5. The van der Waals surface area contributed by atoms with Crippen LogP contribution in [0, 0.1) is 10.1 Å². The number of nitro benzene ring substituents is 1. The molecule has 1 fully saturated rings. The number of halogens is 4. The number of nitro groups is 1. The van der Waals surface area contributed by atoms with Crippen molar-refractivity contribution in [3.05, 3.63) is 72.5 Å². The number of hydrogen-bond acceptors (Lipinski definition) is 6. The minimum Gasteiger partial charge on any atom is -0.362 e. The van der Waals surface area contributed by atoms with Crippen LogP contribution in [0.15, 0.2) is 45.7 Å². The van der Waals surface area contributed by atoms with Crippen molar-refractivity contribution in [2.45, 2.75) is 44.6 Å². The fourth-order valence-corrected chi connectivity index (χ4v) is 4.25. The minimum absolute atomic E-state index is 0.0538. The maximum Gasteiger partial charge on any atom is 0.416 e. The molecular formula is C22H20BrF3N4O4. The highest BCUT2D eigenvalue weighted by Crippen LogP contribution is 2.35. The molecule has 1 saturated heterocycles. The van der Waals surface area contributed by atoms with Crippen LogP contribution in [0.3, 0.4) is 0 Å². The topological polar surface area (TPSA) is 99.3 Å². The Morgan fingerprint density at radius 3 is 2.65 bits per heavy atom. The second-order valence-corrected chi connectivity index (χ2v) is 8.96. The van der Waals surface area contributed by atoms with Gasteiger partial charge in [0.15, 0.2) is 12.0 Å². The van der Waals surface area contributed by atoms with E-state index in [9.17, 15) is 28.1 Å². The van der Waals surface area contributed by atoms with Crippen LogP contribution < -0.4 is 10.9 Å². The number of fused-ring (bicyclic) bond motifs is 1. The third-order valence-electron chi connectivity index (χ3n) is 5.64. The van der Waals surface area contributed by atoms with Crippen molar-refractivity contribution in [1.29, 1.82) is 0 Å². The lowest BCUT2D eigenvalue weighted by molar-refractivity contribution is -0.385. The van der Waals surface area contributed by atoms with Crippen LogP contribution in [0.25, 0.3) is 10.8 Å². The van der Waals surface area contributed by atoms with E-state index in [0.29, 0.717) is 34.3 Å². The molecule has 0 aliphatic carbocycles. The van der Waals surface area contributed by atoms with Gasteiger partial charge in [0.1, 0.15) is 0 Å². The Bertz CT molecular complexity index is 1310. The van der Waals surface area contributed by atoms with Crippen LogP contribution in [-0.4, -0.2) is 21.3 Å². The van der Waals surface area contributed by atoms with Crippen molar-refractivity contribution >= 4 is 38.2 Å². The predicted octanol–water partition coefficient (Wildman–Crippen LogP) is 5.96. The van der Waals surface area contributed by atoms with Gasteiger partial charge < -0.3 is 10.1 Å². The van der Waals surface area contributed by atoms with Crippen LogP contribution in [0.5, 0.6) is 0 Å². The molecule has 2 heterocycles. The Morgan fingerprint density at radius 2 is 2.00 bits per heavy atom. The van der Waals surface area contributed by atoms with Gasteiger partial charge in [0.25, 0.3) is 11.2 Å². The molecular weight excluding hydrogens is 521 g/mol. The number of alkyl halides is 3. The molecule has 0 spiro atoms. The first kappa shape index (κ1) is 24.1. The Hall–Kier alpha value is -2.99. The summed E-state index contributed by atoms with van der Waals surface area (Å²) in [5, 5.41) is 19.5. The normalized spacial score (nSPS) is 17.5. The number of hydrogen-bond donors (Lipinski definition) is 1. The van der Waals surface area contributed by atoms with Gasteiger partial charge in [-0.15, -0.1) is 5.10 Å². The van der Waals surface area contributed by atoms with E-state index in [4.69, 9.17) is 4.74 Å². The van der Waals surface area contributed by atoms with E-state index in [1.807, 2.05) is 0 Å². The average molecular weight is 541 g/mol. The summed E-state index contributed by atoms with van der Waals surface area (Å²) in [5.41, 5.74) is -2.08. The van der Waals surface area contributed by atoms with E-state index >= 15 is 0 Å².